The maximum absolute atomic E-state index is 14.6. The summed E-state index contributed by atoms with van der Waals surface area (Å²) in [6.07, 6.45) is 2.38. The van der Waals surface area contributed by atoms with E-state index in [1.165, 1.54) is 34.4 Å². The third kappa shape index (κ3) is 4.99. The van der Waals surface area contributed by atoms with Crippen LogP contribution in [0.2, 0.25) is 5.02 Å². The molecule has 0 spiro atoms. The molecule has 3 fully saturated rings. The number of phenolic OH excluding ortho intramolecular Hbond substituents is 1. The van der Waals surface area contributed by atoms with E-state index >= 15 is 0 Å². The molecule has 1 saturated carbocycles. The van der Waals surface area contributed by atoms with Crippen LogP contribution < -0.4 is 9.64 Å². The van der Waals surface area contributed by atoms with Crippen molar-refractivity contribution in [3.63, 3.8) is 0 Å². The summed E-state index contributed by atoms with van der Waals surface area (Å²) in [5.74, 6) is -5.52. The summed E-state index contributed by atoms with van der Waals surface area (Å²) in [5.41, 5.74) is 0.852. The average Bonchev–Trinajstić information content (AvgIpc) is 3.77. The summed E-state index contributed by atoms with van der Waals surface area (Å²) in [4.78, 5) is 60.2. The standard InChI is InChI=1S/C39H32ClFN2O6S/c1-39-29(36(46)43(38(39)48)22-9-14-31(41)30(40)16-22)18-28-25(12-13-27-33(28)37(47)42(35(27)45)19-24-8-5-15-50-24)34(39)26-11-10-23(17-32(26)44)49-20-21-6-3-2-4-7-21/h2-12,14-17,27-29,33-34,44H,13,18-20H2,1H3/t27-,28+,29-,33-,34+,39+/m0/s1. The van der Waals surface area contributed by atoms with Crippen LogP contribution in [0.15, 0.2) is 95.9 Å². The first-order valence-electron chi connectivity index (χ1n) is 16.5. The maximum Gasteiger partial charge on any atom is 0.241 e. The maximum atomic E-state index is 14.6. The number of allylic oxidation sites excluding steroid dienone is 2. The van der Waals surface area contributed by atoms with Gasteiger partial charge < -0.3 is 9.84 Å². The number of likely N-dealkylation sites (tertiary alicyclic amines) is 1. The highest BCUT2D eigenvalue weighted by Crippen LogP contribution is 2.64. The summed E-state index contributed by atoms with van der Waals surface area (Å²) < 4.78 is 20.2. The Morgan fingerprint density at radius 1 is 0.960 bits per heavy atom. The van der Waals surface area contributed by atoms with Crippen molar-refractivity contribution in [2.24, 2.45) is 29.1 Å². The Hall–Kier alpha value is -4.80. The van der Waals surface area contributed by atoms with Crippen LogP contribution >= 0.6 is 22.9 Å². The highest BCUT2D eigenvalue weighted by Gasteiger charge is 2.68. The molecular formula is C39H32ClFN2O6S. The predicted molar refractivity (Wildman–Crippen MR) is 185 cm³/mol. The van der Waals surface area contributed by atoms with Crippen LogP contribution in [0, 0.1) is 34.9 Å². The molecule has 3 aromatic carbocycles. The van der Waals surface area contributed by atoms with E-state index in [-0.39, 0.29) is 54.3 Å². The number of carbonyl (C=O) groups excluding carboxylic acids is 4. The molecule has 1 N–H and O–H groups in total. The van der Waals surface area contributed by atoms with Crippen molar-refractivity contribution in [2.75, 3.05) is 4.90 Å². The van der Waals surface area contributed by atoms with Crippen molar-refractivity contribution < 1.29 is 33.4 Å². The number of anilines is 1. The van der Waals surface area contributed by atoms with Gasteiger partial charge in [-0.15, -0.1) is 11.3 Å². The number of fused-ring (bicyclic) bond motifs is 4. The zero-order valence-corrected chi connectivity index (χ0v) is 28.5. The zero-order valence-electron chi connectivity index (χ0n) is 26.9. The predicted octanol–water partition coefficient (Wildman–Crippen LogP) is 7.26. The molecule has 2 saturated heterocycles. The lowest BCUT2D eigenvalue weighted by atomic mass is 9.51. The molecule has 11 heteroatoms. The molecule has 0 bridgehead atoms. The number of phenols is 1. The van der Waals surface area contributed by atoms with Gasteiger partial charge in [0.05, 0.1) is 40.4 Å². The SMILES string of the molecule is C[C@@]12C(=O)N(c3ccc(F)c(Cl)c3)C(=O)[C@@H]1C[C@@H]1C(=CC[C@@H]3C(=O)N(Cc4cccs4)C(=O)[C@@H]31)[C@@H]2c1ccc(OCc2ccccc2)cc1O. The number of hydrogen-bond donors (Lipinski definition) is 1. The molecule has 50 heavy (non-hydrogen) atoms. The highest BCUT2D eigenvalue weighted by molar-refractivity contribution is 7.09. The van der Waals surface area contributed by atoms with Gasteiger partial charge >= 0.3 is 0 Å². The van der Waals surface area contributed by atoms with Gasteiger partial charge in [-0.05, 0) is 67.0 Å². The van der Waals surface area contributed by atoms with Gasteiger partial charge in [0.15, 0.2) is 0 Å². The summed E-state index contributed by atoms with van der Waals surface area (Å²) in [6, 6.07) is 22.0. The summed E-state index contributed by atoms with van der Waals surface area (Å²) >= 11 is 7.57. The van der Waals surface area contributed by atoms with E-state index in [9.17, 15) is 28.7 Å². The third-order valence-electron chi connectivity index (χ3n) is 11.0. The van der Waals surface area contributed by atoms with Crippen LogP contribution in [0.5, 0.6) is 11.5 Å². The molecule has 6 atom stereocenters. The number of aromatic hydroxyl groups is 1. The minimum Gasteiger partial charge on any atom is -0.508 e. The number of benzene rings is 3. The second-order valence-electron chi connectivity index (χ2n) is 13.6. The minimum atomic E-state index is -1.39. The fourth-order valence-electron chi connectivity index (χ4n) is 8.61. The first kappa shape index (κ1) is 32.4. The van der Waals surface area contributed by atoms with Crippen molar-refractivity contribution in [3.05, 3.63) is 123 Å². The van der Waals surface area contributed by atoms with Gasteiger partial charge in [0, 0.05) is 22.4 Å². The van der Waals surface area contributed by atoms with Gasteiger partial charge in [-0.2, -0.15) is 0 Å². The smallest absolute Gasteiger partial charge is 0.241 e. The molecule has 254 valence electrons. The number of imide groups is 2. The molecule has 4 aromatic rings. The van der Waals surface area contributed by atoms with E-state index in [0.717, 1.165) is 27.0 Å². The summed E-state index contributed by atoms with van der Waals surface area (Å²) in [5, 5.41) is 13.3. The molecule has 3 heterocycles. The number of nitrogens with zero attached hydrogens (tertiary/aromatic N) is 2. The Morgan fingerprint density at radius 2 is 1.76 bits per heavy atom. The van der Waals surface area contributed by atoms with Crippen LogP contribution in [0.1, 0.15) is 41.7 Å². The molecule has 1 aromatic heterocycles. The van der Waals surface area contributed by atoms with Crippen molar-refractivity contribution in [1.82, 2.24) is 4.90 Å². The Bertz CT molecular complexity index is 2090. The van der Waals surface area contributed by atoms with Crippen LogP contribution in [0.25, 0.3) is 0 Å². The number of hydrogen-bond acceptors (Lipinski definition) is 7. The van der Waals surface area contributed by atoms with Crippen molar-refractivity contribution in [2.45, 2.75) is 38.8 Å². The molecule has 2 aliphatic heterocycles. The first-order chi connectivity index (χ1) is 24.1. The Morgan fingerprint density at radius 3 is 2.48 bits per heavy atom. The lowest BCUT2D eigenvalue weighted by Gasteiger charge is -2.49. The fraction of sp³-hybridized carbons (Fsp3) is 0.282. The Balaban J connectivity index is 1.21. The zero-order chi connectivity index (χ0) is 34.9. The molecule has 4 amide bonds. The van der Waals surface area contributed by atoms with Gasteiger partial charge in [-0.3, -0.25) is 24.1 Å². The van der Waals surface area contributed by atoms with Gasteiger partial charge in [0.25, 0.3) is 0 Å². The van der Waals surface area contributed by atoms with E-state index in [1.54, 1.807) is 19.1 Å². The second kappa shape index (κ2) is 12.2. The Kier molecular flexibility index (Phi) is 7.91. The normalized spacial score (nSPS) is 27.3. The molecule has 0 radical (unpaired) electrons. The highest BCUT2D eigenvalue weighted by atomic mass is 35.5. The third-order valence-corrected chi connectivity index (χ3v) is 12.1. The van der Waals surface area contributed by atoms with Crippen LogP contribution in [0.3, 0.4) is 0 Å². The summed E-state index contributed by atoms with van der Waals surface area (Å²) in [7, 11) is 0. The van der Waals surface area contributed by atoms with Crippen LogP contribution in [0.4, 0.5) is 10.1 Å². The van der Waals surface area contributed by atoms with E-state index in [4.69, 9.17) is 16.3 Å². The van der Waals surface area contributed by atoms with E-state index in [0.29, 0.717) is 11.3 Å². The minimum absolute atomic E-state index is 0.124. The number of rotatable bonds is 7. The monoisotopic (exact) mass is 710 g/mol. The molecule has 8 nitrogen and oxygen atoms in total. The second-order valence-corrected chi connectivity index (χ2v) is 15.0. The number of ether oxygens (including phenoxy) is 1. The van der Waals surface area contributed by atoms with Crippen LogP contribution in [-0.2, 0) is 32.3 Å². The summed E-state index contributed by atoms with van der Waals surface area (Å²) in [6.45, 7) is 2.18. The number of carbonyl (C=O) groups is 4. The van der Waals surface area contributed by atoms with Gasteiger partial charge in [-0.25, -0.2) is 9.29 Å². The number of halogens is 2. The van der Waals surface area contributed by atoms with E-state index < -0.39 is 52.6 Å². The average molecular weight is 711 g/mol. The largest absolute Gasteiger partial charge is 0.508 e. The van der Waals surface area contributed by atoms with Crippen LogP contribution in [-0.4, -0.2) is 33.6 Å². The van der Waals surface area contributed by atoms with E-state index in [2.05, 4.69) is 0 Å². The Labute approximate surface area is 296 Å². The van der Waals surface area contributed by atoms with Crippen molar-refractivity contribution >= 4 is 52.3 Å². The molecule has 8 rings (SSSR count). The lowest BCUT2D eigenvalue weighted by molar-refractivity contribution is -0.141. The van der Waals surface area contributed by atoms with Gasteiger partial charge in [0.2, 0.25) is 23.6 Å². The molecule has 2 aliphatic carbocycles. The fourth-order valence-corrected chi connectivity index (χ4v) is 9.47. The number of thiophene rings is 1. The van der Waals surface area contributed by atoms with Crippen molar-refractivity contribution in [3.8, 4) is 11.5 Å². The first-order valence-corrected chi connectivity index (χ1v) is 17.7. The quantitative estimate of drug-likeness (QED) is 0.160. The van der Waals surface area contributed by atoms with E-state index in [1.807, 2.05) is 53.9 Å². The molecular weight excluding hydrogens is 679 g/mol. The lowest BCUT2D eigenvalue weighted by Crippen LogP contribution is -2.48. The molecule has 4 aliphatic rings. The molecule has 0 unspecified atom stereocenters. The van der Waals surface area contributed by atoms with Gasteiger partial charge in [-0.1, -0.05) is 65.7 Å². The number of amides is 4. The van der Waals surface area contributed by atoms with Gasteiger partial charge in [0.1, 0.15) is 23.9 Å². The van der Waals surface area contributed by atoms with Crippen molar-refractivity contribution in [1.29, 1.82) is 0 Å². The topological polar surface area (TPSA) is 104 Å².